The second-order valence-electron chi connectivity index (χ2n) is 8.07. The molecule has 0 radical (unpaired) electrons. The summed E-state index contributed by atoms with van der Waals surface area (Å²) >= 11 is 0. The Hall–Kier alpha value is -2.69. The Morgan fingerprint density at radius 2 is 1.93 bits per heavy atom. The fourth-order valence-electron chi connectivity index (χ4n) is 4.50. The first-order chi connectivity index (χ1) is 13.6. The minimum absolute atomic E-state index is 0.0286. The average Bonchev–Trinajstić information content (AvgIpc) is 3.12. The van der Waals surface area contributed by atoms with E-state index in [1.807, 2.05) is 29.2 Å². The Labute approximate surface area is 166 Å². The molecule has 2 heterocycles. The smallest absolute Gasteiger partial charge is 0.228 e. The van der Waals surface area contributed by atoms with Gasteiger partial charge in [0.05, 0.1) is 5.41 Å². The van der Waals surface area contributed by atoms with Crippen LogP contribution in [0.5, 0.6) is 0 Å². The highest BCUT2D eigenvalue weighted by Gasteiger charge is 2.47. The van der Waals surface area contributed by atoms with Gasteiger partial charge in [-0.2, -0.15) is 0 Å². The summed E-state index contributed by atoms with van der Waals surface area (Å²) in [5.74, 6) is 0.435. The molecule has 4 rings (SSSR count). The molecule has 2 fully saturated rings. The van der Waals surface area contributed by atoms with Crippen molar-refractivity contribution in [2.24, 2.45) is 11.3 Å². The highest BCUT2D eigenvalue weighted by atomic mass is 16.2. The molecular weight excluding hydrogens is 350 g/mol. The van der Waals surface area contributed by atoms with Crippen molar-refractivity contribution in [2.75, 3.05) is 20.1 Å². The van der Waals surface area contributed by atoms with Crippen LogP contribution >= 0.6 is 0 Å². The summed E-state index contributed by atoms with van der Waals surface area (Å²) in [6.07, 6.45) is 8.03. The molecule has 2 aliphatic rings. The summed E-state index contributed by atoms with van der Waals surface area (Å²) < 4.78 is 0. The standard InChI is InChI=1S/C23H27N3O2/c1-24-22(28)23(11-14-26(16-23)21(27)18-6-4-7-18)15-19-5-2-3-8-20(19)17-9-12-25-13-10-17/h2-3,5,8-10,12-13,18H,4,6-7,11,14-16H2,1H3,(H,24,28)/t23-/m1/s1. The second kappa shape index (κ2) is 7.74. The number of nitrogens with one attached hydrogen (secondary N) is 1. The van der Waals surface area contributed by atoms with Crippen LogP contribution in [0.1, 0.15) is 31.2 Å². The van der Waals surface area contributed by atoms with Crippen LogP contribution < -0.4 is 5.32 Å². The van der Waals surface area contributed by atoms with Crippen molar-refractivity contribution in [2.45, 2.75) is 32.1 Å². The number of benzene rings is 1. The zero-order valence-corrected chi connectivity index (χ0v) is 16.4. The molecule has 1 N–H and O–H groups in total. The fourth-order valence-corrected chi connectivity index (χ4v) is 4.50. The molecule has 1 saturated carbocycles. The predicted molar refractivity (Wildman–Crippen MR) is 108 cm³/mol. The van der Waals surface area contributed by atoms with Gasteiger partial charge < -0.3 is 10.2 Å². The van der Waals surface area contributed by atoms with E-state index in [1.54, 1.807) is 19.4 Å². The van der Waals surface area contributed by atoms with Crippen molar-refractivity contribution in [3.63, 3.8) is 0 Å². The van der Waals surface area contributed by atoms with Gasteiger partial charge >= 0.3 is 0 Å². The lowest BCUT2D eigenvalue weighted by Gasteiger charge is -2.32. The Morgan fingerprint density at radius 3 is 2.61 bits per heavy atom. The lowest BCUT2D eigenvalue weighted by Crippen LogP contribution is -2.45. The lowest BCUT2D eigenvalue weighted by atomic mass is 9.78. The Kier molecular flexibility index (Phi) is 5.16. The van der Waals surface area contributed by atoms with E-state index in [2.05, 4.69) is 22.4 Å². The molecule has 1 aliphatic heterocycles. The van der Waals surface area contributed by atoms with Crippen molar-refractivity contribution in [1.29, 1.82) is 0 Å². The number of nitrogens with zero attached hydrogens (tertiary/aromatic N) is 2. The molecule has 0 unspecified atom stereocenters. The van der Waals surface area contributed by atoms with Gasteiger partial charge in [0.2, 0.25) is 11.8 Å². The maximum absolute atomic E-state index is 13.0. The number of hydrogen-bond acceptors (Lipinski definition) is 3. The molecule has 1 saturated heterocycles. The van der Waals surface area contributed by atoms with Gasteiger partial charge in [0.1, 0.15) is 0 Å². The molecular formula is C23H27N3O2. The van der Waals surface area contributed by atoms with Crippen LogP contribution in [-0.2, 0) is 16.0 Å². The van der Waals surface area contributed by atoms with E-state index >= 15 is 0 Å². The molecule has 1 atom stereocenters. The summed E-state index contributed by atoms with van der Waals surface area (Å²) in [5.41, 5.74) is 2.78. The highest BCUT2D eigenvalue weighted by Crippen LogP contribution is 2.39. The van der Waals surface area contributed by atoms with E-state index in [9.17, 15) is 9.59 Å². The van der Waals surface area contributed by atoms with Gasteiger partial charge in [0.15, 0.2) is 0 Å². The van der Waals surface area contributed by atoms with Crippen LogP contribution in [0.15, 0.2) is 48.8 Å². The maximum atomic E-state index is 13.0. The third-order valence-electron chi connectivity index (χ3n) is 6.37. The number of amides is 2. The van der Waals surface area contributed by atoms with Crippen molar-refractivity contribution < 1.29 is 9.59 Å². The number of aromatic nitrogens is 1. The highest BCUT2D eigenvalue weighted by molar-refractivity contribution is 5.86. The summed E-state index contributed by atoms with van der Waals surface area (Å²) in [6.45, 7) is 1.17. The molecule has 1 aliphatic carbocycles. The summed E-state index contributed by atoms with van der Waals surface area (Å²) in [6, 6.07) is 12.2. The molecule has 0 spiro atoms. The fraction of sp³-hybridized carbons (Fsp3) is 0.435. The van der Waals surface area contributed by atoms with Crippen molar-refractivity contribution in [3.05, 3.63) is 54.4 Å². The third kappa shape index (κ3) is 3.41. The number of pyridine rings is 1. The Balaban J connectivity index is 1.62. The quantitative estimate of drug-likeness (QED) is 0.871. The summed E-state index contributed by atoms with van der Waals surface area (Å²) in [5, 5.41) is 2.86. The average molecular weight is 377 g/mol. The normalized spacial score (nSPS) is 22.0. The lowest BCUT2D eigenvalue weighted by molar-refractivity contribution is -0.138. The van der Waals surface area contributed by atoms with Crippen LogP contribution in [0.2, 0.25) is 0 Å². The Morgan fingerprint density at radius 1 is 1.18 bits per heavy atom. The number of carbonyl (C=O) groups is 2. The number of rotatable bonds is 5. The first kappa shape index (κ1) is 18.7. The van der Waals surface area contributed by atoms with Gasteiger partial charge in [-0.15, -0.1) is 0 Å². The molecule has 5 heteroatoms. The first-order valence-corrected chi connectivity index (χ1v) is 10.1. The molecule has 0 bridgehead atoms. The first-order valence-electron chi connectivity index (χ1n) is 10.1. The van der Waals surface area contributed by atoms with Crippen LogP contribution in [-0.4, -0.2) is 41.8 Å². The zero-order valence-electron chi connectivity index (χ0n) is 16.4. The largest absolute Gasteiger partial charge is 0.359 e. The van der Waals surface area contributed by atoms with Gasteiger partial charge in [0, 0.05) is 38.4 Å². The minimum Gasteiger partial charge on any atom is -0.359 e. The maximum Gasteiger partial charge on any atom is 0.228 e. The minimum atomic E-state index is -0.572. The van der Waals surface area contributed by atoms with Gasteiger partial charge in [-0.1, -0.05) is 30.7 Å². The van der Waals surface area contributed by atoms with E-state index in [0.29, 0.717) is 25.9 Å². The topological polar surface area (TPSA) is 62.3 Å². The predicted octanol–water partition coefficient (Wildman–Crippen LogP) is 3.06. The summed E-state index contributed by atoms with van der Waals surface area (Å²) in [7, 11) is 1.69. The van der Waals surface area contributed by atoms with Crippen molar-refractivity contribution in [1.82, 2.24) is 15.2 Å². The van der Waals surface area contributed by atoms with E-state index in [4.69, 9.17) is 0 Å². The van der Waals surface area contributed by atoms with Gasteiger partial charge in [-0.05, 0) is 54.5 Å². The van der Waals surface area contributed by atoms with E-state index < -0.39 is 5.41 Å². The molecule has 1 aromatic heterocycles. The van der Waals surface area contributed by atoms with Crippen molar-refractivity contribution >= 4 is 11.8 Å². The van der Waals surface area contributed by atoms with Crippen LogP contribution in [0, 0.1) is 11.3 Å². The second-order valence-corrected chi connectivity index (χ2v) is 8.07. The molecule has 1 aromatic carbocycles. The molecule has 146 valence electrons. The number of hydrogen-bond donors (Lipinski definition) is 1. The zero-order chi connectivity index (χ0) is 19.6. The van der Waals surface area contributed by atoms with Gasteiger partial charge in [-0.25, -0.2) is 0 Å². The SMILES string of the molecule is CNC(=O)[C@@]1(Cc2ccccc2-c2ccncc2)CCN(C(=O)C2CCC2)C1. The van der Waals surface area contributed by atoms with Crippen LogP contribution in [0.3, 0.4) is 0 Å². The van der Waals surface area contributed by atoms with E-state index in [0.717, 1.165) is 36.0 Å². The molecule has 2 amide bonds. The third-order valence-corrected chi connectivity index (χ3v) is 6.37. The monoisotopic (exact) mass is 377 g/mol. The van der Waals surface area contributed by atoms with Crippen molar-refractivity contribution in [3.8, 4) is 11.1 Å². The van der Waals surface area contributed by atoms with Crippen LogP contribution in [0.25, 0.3) is 11.1 Å². The van der Waals surface area contributed by atoms with Gasteiger partial charge in [-0.3, -0.25) is 14.6 Å². The summed E-state index contributed by atoms with van der Waals surface area (Å²) in [4.78, 5) is 31.7. The van der Waals surface area contributed by atoms with Gasteiger partial charge in [0.25, 0.3) is 0 Å². The molecule has 28 heavy (non-hydrogen) atoms. The Bertz CT molecular complexity index is 863. The number of likely N-dealkylation sites (tertiary alicyclic amines) is 1. The van der Waals surface area contributed by atoms with Crippen LogP contribution in [0.4, 0.5) is 0 Å². The molecule has 2 aromatic rings. The van der Waals surface area contributed by atoms with E-state index in [1.165, 1.54) is 0 Å². The molecule has 5 nitrogen and oxygen atoms in total. The van der Waals surface area contributed by atoms with E-state index in [-0.39, 0.29) is 17.7 Å². The number of carbonyl (C=O) groups excluding carboxylic acids is 2.